The predicted molar refractivity (Wildman–Crippen MR) is 138 cm³/mol. The maximum Gasteiger partial charge on any atom is 0.355 e. The number of aliphatic hydroxyl groups is 1. The molecular weight excluding hydrogens is 507 g/mol. The molecule has 182 valence electrons. The van der Waals surface area contributed by atoms with Gasteiger partial charge in [0, 0.05) is 18.0 Å². The summed E-state index contributed by atoms with van der Waals surface area (Å²) < 4.78 is 2.46. The third-order valence-electron chi connectivity index (χ3n) is 5.40. The number of nitrogens with zero attached hydrogens (tertiary/aromatic N) is 5. The van der Waals surface area contributed by atoms with E-state index in [9.17, 15) is 9.59 Å². The number of hydrogen-bond acceptors (Lipinski definition) is 8. The molecule has 0 unspecified atom stereocenters. The van der Waals surface area contributed by atoms with Gasteiger partial charge in [-0.2, -0.15) is 9.97 Å². The van der Waals surface area contributed by atoms with Crippen molar-refractivity contribution < 1.29 is 5.11 Å². The lowest BCUT2D eigenvalue weighted by molar-refractivity contribution is 0.267. The first-order valence-corrected chi connectivity index (χ1v) is 11.4. The first-order valence-electron chi connectivity index (χ1n) is 10.6. The number of fused-ring (bicyclic) bond motifs is 1. The number of nitrogen functional groups attached to an aromatic ring is 1. The molecule has 0 saturated heterocycles. The van der Waals surface area contributed by atoms with Gasteiger partial charge in [0.25, 0.3) is 5.56 Å². The molecule has 13 heteroatoms. The third-order valence-corrected chi connectivity index (χ3v) is 6.01. The molecule has 0 fully saturated rings. The summed E-state index contributed by atoms with van der Waals surface area (Å²) in [6.45, 7) is 0.0450. The number of hydrogen-bond donors (Lipinski definition) is 4. The van der Waals surface area contributed by atoms with E-state index in [1.807, 2.05) is 0 Å². The fraction of sp³-hybridized carbons (Fsp3) is 0.0870. The molecular formula is C23H18Cl2N8O3. The van der Waals surface area contributed by atoms with Gasteiger partial charge >= 0.3 is 5.69 Å². The smallest absolute Gasteiger partial charge is 0.355 e. The highest BCUT2D eigenvalue weighted by Crippen LogP contribution is 2.30. The van der Waals surface area contributed by atoms with E-state index < -0.39 is 5.69 Å². The molecule has 3 heterocycles. The molecule has 0 amide bonds. The Labute approximate surface area is 212 Å². The topological polar surface area (TPSA) is 157 Å². The molecule has 5 rings (SSSR count). The average molecular weight is 525 g/mol. The minimum Gasteiger partial charge on any atom is -0.394 e. The molecule has 0 aliphatic carbocycles. The van der Waals surface area contributed by atoms with Crippen molar-refractivity contribution in [2.24, 2.45) is 0 Å². The van der Waals surface area contributed by atoms with Gasteiger partial charge in [0.05, 0.1) is 40.0 Å². The highest BCUT2D eigenvalue weighted by atomic mass is 35.5. The number of halogens is 2. The lowest BCUT2D eigenvalue weighted by Gasteiger charge is -2.14. The minimum atomic E-state index is -0.689. The van der Waals surface area contributed by atoms with Crippen LogP contribution in [-0.4, -0.2) is 41.0 Å². The van der Waals surface area contributed by atoms with Crippen LogP contribution in [0.15, 0.2) is 64.3 Å². The van der Waals surface area contributed by atoms with Crippen molar-refractivity contribution in [3.63, 3.8) is 0 Å². The zero-order chi connectivity index (χ0) is 25.4. The first-order chi connectivity index (χ1) is 17.4. The van der Waals surface area contributed by atoms with Crippen LogP contribution in [0.25, 0.3) is 28.0 Å². The molecule has 0 spiro atoms. The quantitative estimate of drug-likeness (QED) is 0.264. The molecule has 36 heavy (non-hydrogen) atoms. The predicted octanol–water partition coefficient (Wildman–Crippen LogP) is 2.96. The highest BCUT2D eigenvalue weighted by Gasteiger charge is 2.17. The van der Waals surface area contributed by atoms with Gasteiger partial charge in [-0.05, 0) is 29.8 Å². The number of aliphatic hydroxyl groups excluding tert-OH is 1. The average Bonchev–Trinajstić information content (AvgIpc) is 3.21. The van der Waals surface area contributed by atoms with Gasteiger partial charge in [0.2, 0.25) is 5.95 Å². The largest absolute Gasteiger partial charge is 0.394 e. The van der Waals surface area contributed by atoms with E-state index in [2.05, 4.69) is 25.4 Å². The van der Waals surface area contributed by atoms with Gasteiger partial charge in [-0.15, -0.1) is 0 Å². The number of H-pyrrole nitrogens is 1. The van der Waals surface area contributed by atoms with E-state index in [1.165, 1.54) is 16.9 Å². The number of nitrogens with two attached hydrogens (primary N) is 1. The molecule has 5 aromatic rings. The Morgan fingerprint density at radius 1 is 1.06 bits per heavy atom. The number of benzene rings is 2. The van der Waals surface area contributed by atoms with E-state index in [0.29, 0.717) is 16.8 Å². The van der Waals surface area contributed by atoms with Crippen molar-refractivity contribution in [3.05, 3.63) is 85.6 Å². The van der Waals surface area contributed by atoms with Crippen LogP contribution in [0.1, 0.15) is 0 Å². The Morgan fingerprint density at radius 3 is 2.47 bits per heavy atom. The highest BCUT2D eigenvalue weighted by molar-refractivity contribution is 6.37. The number of aromatic nitrogens is 6. The van der Waals surface area contributed by atoms with Crippen LogP contribution >= 0.6 is 23.2 Å². The van der Waals surface area contributed by atoms with Gasteiger partial charge in [0.15, 0.2) is 5.65 Å². The molecule has 3 aromatic heterocycles. The Bertz CT molecular complexity index is 1690. The monoisotopic (exact) mass is 524 g/mol. The first kappa shape index (κ1) is 23.5. The molecule has 0 bridgehead atoms. The van der Waals surface area contributed by atoms with Crippen molar-refractivity contribution in [1.82, 2.24) is 29.3 Å². The zero-order valence-electron chi connectivity index (χ0n) is 18.4. The van der Waals surface area contributed by atoms with Crippen molar-refractivity contribution in [1.29, 1.82) is 0 Å². The summed E-state index contributed by atoms with van der Waals surface area (Å²) in [5.74, 6) is 0.260. The lowest BCUT2D eigenvalue weighted by atomic mass is 10.1. The molecule has 2 aromatic carbocycles. The van der Waals surface area contributed by atoms with Gasteiger partial charge in [-0.25, -0.2) is 14.3 Å². The van der Waals surface area contributed by atoms with Crippen LogP contribution in [0.4, 0.5) is 17.5 Å². The summed E-state index contributed by atoms with van der Waals surface area (Å²) in [7, 11) is 0. The number of rotatable bonds is 6. The van der Waals surface area contributed by atoms with Crippen LogP contribution < -0.4 is 22.3 Å². The Morgan fingerprint density at radius 2 is 1.78 bits per heavy atom. The van der Waals surface area contributed by atoms with E-state index in [1.54, 1.807) is 42.5 Å². The lowest BCUT2D eigenvalue weighted by Crippen LogP contribution is -2.25. The standard InChI is InChI=1S/C23H18Cl2N8O3/c24-15-2-1-3-16(25)19(15)33-20(26)14-11-27-22(29-21(14)30-23(33)36)28-13-6-4-12(5-7-13)17-10-18(35)32(31-17)8-9-34/h1-7,10-11,31,34H,8-9,26H2,(H,28,29,30,36). The zero-order valence-corrected chi connectivity index (χ0v) is 20.0. The van der Waals surface area contributed by atoms with Crippen molar-refractivity contribution in [3.8, 4) is 16.9 Å². The normalized spacial score (nSPS) is 11.2. The Balaban J connectivity index is 1.44. The molecule has 11 nitrogen and oxygen atoms in total. The molecule has 0 aliphatic rings. The van der Waals surface area contributed by atoms with E-state index in [0.717, 1.165) is 10.1 Å². The maximum absolute atomic E-state index is 12.8. The van der Waals surface area contributed by atoms with Gasteiger partial charge in [0.1, 0.15) is 5.82 Å². The Kier molecular flexibility index (Phi) is 6.18. The van der Waals surface area contributed by atoms with Crippen LogP contribution in [0.3, 0.4) is 0 Å². The van der Waals surface area contributed by atoms with Crippen molar-refractivity contribution in [2.75, 3.05) is 17.7 Å². The Hall–Kier alpha value is -4.19. The summed E-state index contributed by atoms with van der Waals surface area (Å²) in [6.07, 6.45) is 1.46. The van der Waals surface area contributed by atoms with Gasteiger partial charge in [-0.3, -0.25) is 14.6 Å². The molecule has 0 atom stereocenters. The maximum atomic E-state index is 12.8. The van der Waals surface area contributed by atoms with Gasteiger partial charge < -0.3 is 16.2 Å². The summed E-state index contributed by atoms with van der Waals surface area (Å²) in [5.41, 5.74) is 7.75. The molecule has 0 aliphatic heterocycles. The van der Waals surface area contributed by atoms with E-state index in [4.69, 9.17) is 34.0 Å². The second-order valence-corrected chi connectivity index (χ2v) is 8.52. The van der Waals surface area contributed by atoms with Crippen LogP contribution in [0.5, 0.6) is 0 Å². The van der Waals surface area contributed by atoms with Crippen LogP contribution in [0.2, 0.25) is 10.0 Å². The van der Waals surface area contributed by atoms with E-state index >= 15 is 0 Å². The van der Waals surface area contributed by atoms with Gasteiger partial charge in [-0.1, -0.05) is 41.4 Å². The third kappa shape index (κ3) is 4.31. The van der Waals surface area contributed by atoms with Crippen LogP contribution in [0, 0.1) is 0 Å². The fourth-order valence-electron chi connectivity index (χ4n) is 3.69. The second-order valence-electron chi connectivity index (χ2n) is 7.70. The molecule has 0 radical (unpaired) electrons. The second kappa shape index (κ2) is 9.46. The summed E-state index contributed by atoms with van der Waals surface area (Å²) >= 11 is 12.5. The summed E-state index contributed by atoms with van der Waals surface area (Å²) in [5, 5.41) is 15.9. The number of aromatic amines is 1. The molecule has 5 N–H and O–H groups in total. The van der Waals surface area contributed by atoms with Crippen molar-refractivity contribution >= 4 is 51.7 Å². The number of nitrogens with one attached hydrogen (secondary N) is 2. The summed E-state index contributed by atoms with van der Waals surface area (Å²) in [6, 6.07) is 13.5. The SMILES string of the molecule is Nc1c2cnc(Nc3ccc(-c4cc(=O)n(CCO)[nH]4)cc3)nc2nc(=O)n1-c1c(Cl)cccc1Cl. The summed E-state index contributed by atoms with van der Waals surface area (Å²) in [4.78, 5) is 37.4. The van der Waals surface area contributed by atoms with Crippen LogP contribution in [-0.2, 0) is 6.54 Å². The van der Waals surface area contributed by atoms with E-state index in [-0.39, 0.29) is 51.9 Å². The minimum absolute atomic E-state index is 0.0537. The van der Waals surface area contributed by atoms with Crippen molar-refractivity contribution in [2.45, 2.75) is 6.54 Å². The number of anilines is 3. The number of para-hydroxylation sites is 1. The fourth-order valence-corrected chi connectivity index (χ4v) is 4.26. The molecule has 0 saturated carbocycles.